The van der Waals surface area contributed by atoms with E-state index in [1.54, 1.807) is 0 Å². The minimum atomic E-state index is -0.505. The Morgan fingerprint density at radius 1 is 1.12 bits per heavy atom. The van der Waals surface area contributed by atoms with E-state index >= 15 is 0 Å². The second kappa shape index (κ2) is 11.3. The number of rotatable bonds is 7. The lowest BCUT2D eigenvalue weighted by Gasteiger charge is -2.30. The fraction of sp³-hybridized carbons (Fsp3) is 0.720. The number of aromatic nitrogens is 1. The van der Waals surface area contributed by atoms with Gasteiger partial charge < -0.3 is 20.3 Å². The fourth-order valence-electron chi connectivity index (χ4n) is 4.65. The number of amides is 1. The molecule has 1 aliphatic heterocycles. The van der Waals surface area contributed by atoms with E-state index in [4.69, 9.17) is 4.74 Å². The van der Waals surface area contributed by atoms with Gasteiger partial charge in [0.25, 0.3) is 0 Å². The van der Waals surface area contributed by atoms with E-state index in [2.05, 4.69) is 27.6 Å². The summed E-state index contributed by atoms with van der Waals surface area (Å²) in [4.78, 5) is 31.4. The molecule has 0 unspecified atom stereocenters. The van der Waals surface area contributed by atoms with Crippen LogP contribution in [0.1, 0.15) is 82.5 Å². The molecule has 2 aliphatic rings. The summed E-state index contributed by atoms with van der Waals surface area (Å²) in [6, 6.07) is 1.68. The topological polar surface area (TPSA) is 83.6 Å². The summed E-state index contributed by atoms with van der Waals surface area (Å²) in [5.41, 5.74) is -0.150. The van der Waals surface area contributed by atoms with Crippen LogP contribution in [-0.2, 0) is 4.74 Å². The van der Waals surface area contributed by atoms with Crippen molar-refractivity contribution in [3.63, 3.8) is 0 Å². The highest BCUT2D eigenvalue weighted by Crippen LogP contribution is 2.29. The number of pyridine rings is 1. The highest BCUT2D eigenvalue weighted by atomic mass is 19.1. The average molecular weight is 463 g/mol. The highest BCUT2D eigenvalue weighted by molar-refractivity contribution is 6.00. The van der Waals surface area contributed by atoms with Crippen molar-refractivity contribution < 1.29 is 18.7 Å². The van der Waals surface area contributed by atoms with Crippen molar-refractivity contribution in [1.29, 1.82) is 0 Å². The van der Waals surface area contributed by atoms with Gasteiger partial charge in [0.15, 0.2) is 5.78 Å². The molecule has 0 atom stereocenters. The van der Waals surface area contributed by atoms with Crippen LogP contribution in [0.15, 0.2) is 12.3 Å². The third-order valence-corrected chi connectivity index (χ3v) is 6.56. The van der Waals surface area contributed by atoms with Crippen molar-refractivity contribution >= 4 is 17.7 Å². The van der Waals surface area contributed by atoms with E-state index < -0.39 is 11.4 Å². The summed E-state index contributed by atoms with van der Waals surface area (Å²) in [6.45, 7) is 7.54. The number of anilines is 1. The second-order valence-electron chi connectivity index (χ2n) is 10.6. The molecule has 1 amide bonds. The predicted molar refractivity (Wildman–Crippen MR) is 127 cm³/mol. The maximum Gasteiger partial charge on any atom is 0.407 e. The molecular formula is C25H39FN4O3. The minimum absolute atomic E-state index is 0.0635. The lowest BCUT2D eigenvalue weighted by atomic mass is 9.82. The predicted octanol–water partition coefficient (Wildman–Crippen LogP) is 4.77. The molecule has 33 heavy (non-hydrogen) atoms. The van der Waals surface area contributed by atoms with E-state index in [1.807, 2.05) is 20.8 Å². The van der Waals surface area contributed by atoms with Gasteiger partial charge in [0.05, 0.1) is 11.8 Å². The zero-order valence-corrected chi connectivity index (χ0v) is 20.5. The van der Waals surface area contributed by atoms with E-state index in [9.17, 15) is 14.0 Å². The number of ether oxygens (including phenoxy) is 1. The maximum absolute atomic E-state index is 13.9. The first kappa shape index (κ1) is 25.4. The quantitative estimate of drug-likeness (QED) is 0.568. The molecule has 0 radical (unpaired) electrons. The van der Waals surface area contributed by atoms with E-state index in [-0.39, 0.29) is 24.0 Å². The Bertz CT molecular complexity index is 810. The Hall–Kier alpha value is -2.22. The Morgan fingerprint density at radius 3 is 2.42 bits per heavy atom. The molecule has 1 saturated heterocycles. The Morgan fingerprint density at radius 2 is 1.79 bits per heavy atom. The molecule has 1 saturated carbocycles. The number of likely N-dealkylation sites (tertiary alicyclic amines) is 1. The smallest absolute Gasteiger partial charge is 0.407 e. The minimum Gasteiger partial charge on any atom is -0.444 e. The van der Waals surface area contributed by atoms with Crippen molar-refractivity contribution in [3.05, 3.63) is 23.6 Å². The Balaban J connectivity index is 1.47. The summed E-state index contributed by atoms with van der Waals surface area (Å²) in [5.74, 6) is 0.381. The first-order valence-corrected chi connectivity index (χ1v) is 12.2. The standard InChI is InChI=1S/C25H39FN4O3/c1-25(2,3)33-24(32)29-19-8-5-17(6-9-19)7-10-22(31)21-15-18(26)16-27-23(21)28-20-11-13-30(4)14-12-20/h15-17,19-20H,5-14H2,1-4H3,(H,27,28)(H,29,32)/t17-,19+. The molecule has 184 valence electrons. The first-order valence-electron chi connectivity index (χ1n) is 12.2. The van der Waals surface area contributed by atoms with Crippen LogP contribution in [0.2, 0.25) is 0 Å². The van der Waals surface area contributed by atoms with Gasteiger partial charge in [0.2, 0.25) is 0 Å². The summed E-state index contributed by atoms with van der Waals surface area (Å²) >= 11 is 0. The number of nitrogens with zero attached hydrogens (tertiary/aromatic N) is 2. The van der Waals surface area contributed by atoms with Gasteiger partial charge >= 0.3 is 6.09 Å². The number of hydrogen-bond donors (Lipinski definition) is 2. The SMILES string of the molecule is CN1CCC(Nc2ncc(F)cc2C(=O)CC[C@H]2CC[C@@H](NC(=O)OC(C)(C)C)CC2)CC1. The Labute approximate surface area is 196 Å². The molecule has 3 rings (SSSR count). The molecule has 2 heterocycles. The zero-order valence-electron chi connectivity index (χ0n) is 20.5. The number of alkyl carbamates (subject to hydrolysis) is 1. The number of Topliss-reactive ketones (excluding diaryl/α,β-unsaturated/α-hetero) is 1. The van der Waals surface area contributed by atoms with Crippen LogP contribution in [0.25, 0.3) is 0 Å². The molecule has 7 nitrogen and oxygen atoms in total. The average Bonchev–Trinajstić information content (AvgIpc) is 2.74. The van der Waals surface area contributed by atoms with Crippen LogP contribution in [-0.4, -0.2) is 59.6 Å². The normalized spacial score (nSPS) is 22.6. The third-order valence-electron chi connectivity index (χ3n) is 6.56. The lowest BCUT2D eigenvalue weighted by molar-refractivity contribution is 0.0487. The van der Waals surface area contributed by atoms with E-state index in [0.29, 0.717) is 23.7 Å². The Kier molecular flexibility index (Phi) is 8.68. The van der Waals surface area contributed by atoms with Crippen LogP contribution in [0.3, 0.4) is 0 Å². The van der Waals surface area contributed by atoms with Crippen molar-refractivity contribution in [2.45, 2.75) is 89.8 Å². The molecule has 1 aliphatic carbocycles. The van der Waals surface area contributed by atoms with Crippen LogP contribution in [0, 0.1) is 11.7 Å². The molecule has 2 fully saturated rings. The zero-order chi connectivity index (χ0) is 24.0. The van der Waals surface area contributed by atoms with Crippen molar-refractivity contribution in [3.8, 4) is 0 Å². The van der Waals surface area contributed by atoms with Crippen molar-refractivity contribution in [1.82, 2.24) is 15.2 Å². The van der Waals surface area contributed by atoms with Crippen LogP contribution < -0.4 is 10.6 Å². The summed E-state index contributed by atoms with van der Waals surface area (Å²) in [6.07, 6.45) is 7.56. The molecular weight excluding hydrogens is 423 g/mol. The maximum atomic E-state index is 13.9. The third kappa shape index (κ3) is 8.25. The van der Waals surface area contributed by atoms with Gasteiger partial charge in [-0.1, -0.05) is 0 Å². The lowest BCUT2D eigenvalue weighted by Crippen LogP contribution is -2.40. The van der Waals surface area contributed by atoms with Gasteiger partial charge in [-0.05, 0) is 97.8 Å². The van der Waals surface area contributed by atoms with Crippen LogP contribution >= 0.6 is 0 Å². The number of ketones is 1. The van der Waals surface area contributed by atoms with Crippen LogP contribution in [0.5, 0.6) is 0 Å². The van der Waals surface area contributed by atoms with E-state index in [1.165, 1.54) is 12.3 Å². The number of hydrogen-bond acceptors (Lipinski definition) is 6. The number of nitrogens with one attached hydrogen (secondary N) is 2. The van der Waals surface area contributed by atoms with Crippen LogP contribution in [0.4, 0.5) is 15.0 Å². The molecule has 2 N–H and O–H groups in total. The number of halogens is 1. The summed E-state index contributed by atoms with van der Waals surface area (Å²) < 4.78 is 19.2. The molecule has 0 aromatic carbocycles. The first-order chi connectivity index (χ1) is 15.6. The van der Waals surface area contributed by atoms with Gasteiger partial charge in [0, 0.05) is 18.5 Å². The van der Waals surface area contributed by atoms with Gasteiger partial charge in [0.1, 0.15) is 17.2 Å². The fourth-order valence-corrected chi connectivity index (χ4v) is 4.65. The number of carbonyl (C=O) groups excluding carboxylic acids is 2. The molecule has 0 bridgehead atoms. The second-order valence-corrected chi connectivity index (χ2v) is 10.6. The summed E-state index contributed by atoms with van der Waals surface area (Å²) in [5, 5.41) is 6.33. The number of carbonyl (C=O) groups is 2. The van der Waals surface area contributed by atoms with Crippen molar-refractivity contribution in [2.24, 2.45) is 5.92 Å². The molecule has 8 heteroatoms. The monoisotopic (exact) mass is 462 g/mol. The largest absolute Gasteiger partial charge is 0.444 e. The van der Waals surface area contributed by atoms with Gasteiger partial charge in [-0.2, -0.15) is 0 Å². The number of piperidine rings is 1. The van der Waals surface area contributed by atoms with Gasteiger partial charge in [-0.3, -0.25) is 4.79 Å². The molecule has 0 spiro atoms. The summed E-state index contributed by atoms with van der Waals surface area (Å²) in [7, 11) is 2.10. The van der Waals surface area contributed by atoms with Crippen molar-refractivity contribution in [2.75, 3.05) is 25.5 Å². The molecule has 1 aromatic rings. The molecule has 1 aromatic heterocycles. The van der Waals surface area contributed by atoms with Gasteiger partial charge in [-0.15, -0.1) is 0 Å². The van der Waals surface area contributed by atoms with E-state index in [0.717, 1.165) is 58.0 Å². The van der Waals surface area contributed by atoms with Gasteiger partial charge in [-0.25, -0.2) is 14.2 Å². The highest BCUT2D eigenvalue weighted by Gasteiger charge is 2.26.